The summed E-state index contributed by atoms with van der Waals surface area (Å²) in [5.74, 6) is 0.179. The van der Waals surface area contributed by atoms with Crippen LogP contribution in [-0.4, -0.2) is 42.1 Å². The molecule has 7 nitrogen and oxygen atoms in total. The van der Waals surface area contributed by atoms with Crippen LogP contribution in [-0.2, 0) is 14.6 Å². The third-order valence-electron chi connectivity index (χ3n) is 4.94. The lowest BCUT2D eigenvalue weighted by Gasteiger charge is -2.33. The number of hydrogen-bond donors (Lipinski definition) is 1. The first-order valence-electron chi connectivity index (χ1n) is 9.46. The Bertz CT molecular complexity index is 970. The first kappa shape index (κ1) is 21.5. The van der Waals surface area contributed by atoms with Crippen LogP contribution in [0.3, 0.4) is 0 Å². The molecule has 29 heavy (non-hydrogen) atoms. The minimum atomic E-state index is -3.50. The highest BCUT2D eigenvalue weighted by Gasteiger charge is 2.32. The van der Waals surface area contributed by atoms with Gasteiger partial charge in [0.25, 0.3) is 0 Å². The standard InChI is InChI=1S/C20H25ClN4O3S/c1-20(2,3)29(27,28)18-9-7-16(12-23-18)25-10-4-5-14(13-25)19(26)24-17-8-6-15(21)11-22-17/h6-9,11-12,14H,4-5,10,13H2,1-3H3,(H,22,24,26). The summed E-state index contributed by atoms with van der Waals surface area (Å²) in [5, 5.41) is 3.40. The summed E-state index contributed by atoms with van der Waals surface area (Å²) in [6.07, 6.45) is 4.69. The van der Waals surface area contributed by atoms with E-state index in [-0.39, 0.29) is 16.9 Å². The second-order valence-electron chi connectivity index (χ2n) is 8.11. The van der Waals surface area contributed by atoms with Crippen molar-refractivity contribution in [3.8, 4) is 0 Å². The SMILES string of the molecule is CC(C)(C)S(=O)(=O)c1ccc(N2CCCC(C(=O)Nc3ccc(Cl)cn3)C2)cn1. The molecule has 9 heteroatoms. The molecule has 1 saturated heterocycles. The van der Waals surface area contributed by atoms with E-state index in [2.05, 4.69) is 20.2 Å². The van der Waals surface area contributed by atoms with Crippen molar-refractivity contribution >= 4 is 38.9 Å². The predicted molar refractivity (Wildman–Crippen MR) is 114 cm³/mol. The molecule has 1 aliphatic rings. The van der Waals surface area contributed by atoms with Crippen molar-refractivity contribution in [2.45, 2.75) is 43.4 Å². The Morgan fingerprint density at radius 2 is 1.93 bits per heavy atom. The van der Waals surface area contributed by atoms with Crippen molar-refractivity contribution < 1.29 is 13.2 Å². The number of rotatable bonds is 4. The Kier molecular flexibility index (Phi) is 6.14. The van der Waals surface area contributed by atoms with Gasteiger partial charge in [-0.1, -0.05) is 11.6 Å². The molecule has 2 aromatic heterocycles. The molecular formula is C20H25ClN4O3S. The number of piperidine rings is 1. The molecule has 2 aromatic rings. The van der Waals surface area contributed by atoms with E-state index in [1.165, 1.54) is 12.3 Å². The van der Waals surface area contributed by atoms with E-state index in [9.17, 15) is 13.2 Å². The summed E-state index contributed by atoms with van der Waals surface area (Å²) in [7, 11) is -3.50. The number of carbonyl (C=O) groups excluding carboxylic acids is 1. The molecule has 1 fully saturated rings. The average molecular weight is 437 g/mol. The van der Waals surface area contributed by atoms with E-state index in [0.717, 1.165) is 25.1 Å². The summed E-state index contributed by atoms with van der Waals surface area (Å²) in [4.78, 5) is 23.0. The van der Waals surface area contributed by atoms with Crippen LogP contribution in [0.2, 0.25) is 5.02 Å². The highest BCUT2D eigenvalue weighted by Crippen LogP contribution is 2.27. The zero-order valence-electron chi connectivity index (χ0n) is 16.7. The largest absolute Gasteiger partial charge is 0.369 e. The van der Waals surface area contributed by atoms with Gasteiger partial charge in [0, 0.05) is 19.3 Å². The van der Waals surface area contributed by atoms with Crippen molar-refractivity contribution in [3.05, 3.63) is 41.7 Å². The third-order valence-corrected chi connectivity index (χ3v) is 7.57. The van der Waals surface area contributed by atoms with Crippen molar-refractivity contribution in [1.82, 2.24) is 9.97 Å². The number of sulfone groups is 1. The van der Waals surface area contributed by atoms with Gasteiger partial charge in [0.15, 0.2) is 14.9 Å². The van der Waals surface area contributed by atoms with E-state index in [1.54, 1.807) is 45.2 Å². The van der Waals surface area contributed by atoms with E-state index in [1.807, 2.05) is 0 Å². The van der Waals surface area contributed by atoms with Gasteiger partial charge in [0.2, 0.25) is 5.91 Å². The van der Waals surface area contributed by atoms with Gasteiger partial charge in [-0.3, -0.25) is 4.79 Å². The van der Waals surface area contributed by atoms with Gasteiger partial charge in [0.05, 0.1) is 27.6 Å². The highest BCUT2D eigenvalue weighted by atomic mass is 35.5. The van der Waals surface area contributed by atoms with Gasteiger partial charge >= 0.3 is 0 Å². The fourth-order valence-electron chi connectivity index (χ4n) is 3.14. The molecule has 0 bridgehead atoms. The summed E-state index contributed by atoms with van der Waals surface area (Å²) in [5.41, 5.74) is 0.806. The van der Waals surface area contributed by atoms with E-state index >= 15 is 0 Å². The van der Waals surface area contributed by atoms with Crippen molar-refractivity contribution in [2.75, 3.05) is 23.3 Å². The smallest absolute Gasteiger partial charge is 0.230 e. The predicted octanol–water partition coefficient (Wildman–Crippen LogP) is 3.56. The molecule has 0 saturated carbocycles. The van der Waals surface area contributed by atoms with Gasteiger partial charge in [-0.15, -0.1) is 0 Å². The first-order valence-corrected chi connectivity index (χ1v) is 11.3. The lowest BCUT2D eigenvalue weighted by atomic mass is 9.97. The molecular weight excluding hydrogens is 412 g/mol. The van der Waals surface area contributed by atoms with Crippen molar-refractivity contribution in [1.29, 1.82) is 0 Å². The number of halogens is 1. The summed E-state index contributed by atoms with van der Waals surface area (Å²) < 4.78 is 24.2. The quantitative estimate of drug-likeness (QED) is 0.787. The molecule has 3 heterocycles. The number of nitrogens with zero attached hydrogens (tertiary/aromatic N) is 3. The molecule has 0 spiro atoms. The average Bonchev–Trinajstić information content (AvgIpc) is 2.69. The van der Waals surface area contributed by atoms with E-state index in [0.29, 0.717) is 17.4 Å². The van der Waals surface area contributed by atoms with Gasteiger partial charge in [-0.2, -0.15) is 0 Å². The minimum absolute atomic E-state index is 0.0638. The number of anilines is 2. The molecule has 1 aliphatic heterocycles. The van der Waals surface area contributed by atoms with Crippen molar-refractivity contribution in [3.63, 3.8) is 0 Å². The molecule has 0 radical (unpaired) electrons. The molecule has 1 atom stereocenters. The fraction of sp³-hybridized carbons (Fsp3) is 0.450. The van der Waals surface area contributed by atoms with Crippen LogP contribution < -0.4 is 10.2 Å². The number of hydrogen-bond acceptors (Lipinski definition) is 6. The number of aromatic nitrogens is 2. The number of pyridine rings is 2. The van der Waals surface area contributed by atoms with Crippen LogP contribution in [0.5, 0.6) is 0 Å². The molecule has 1 amide bonds. The summed E-state index contributed by atoms with van der Waals surface area (Å²) in [6, 6.07) is 6.64. The summed E-state index contributed by atoms with van der Waals surface area (Å²) in [6.45, 7) is 6.28. The molecule has 1 unspecified atom stereocenters. The van der Waals surface area contributed by atoms with Gasteiger partial charge < -0.3 is 10.2 Å². The number of amides is 1. The van der Waals surface area contributed by atoms with E-state index in [4.69, 9.17) is 11.6 Å². The Balaban J connectivity index is 1.69. The maximum atomic E-state index is 12.6. The fourth-order valence-corrected chi connectivity index (χ4v) is 4.31. The lowest BCUT2D eigenvalue weighted by molar-refractivity contribution is -0.120. The second-order valence-corrected chi connectivity index (χ2v) is 11.2. The number of carbonyl (C=O) groups is 1. The highest BCUT2D eigenvalue weighted by molar-refractivity contribution is 7.92. The van der Waals surface area contributed by atoms with Gasteiger partial charge in [-0.05, 0) is 57.9 Å². The second kappa shape index (κ2) is 8.28. The molecule has 3 rings (SSSR count). The molecule has 156 valence electrons. The third kappa shape index (κ3) is 4.87. The zero-order chi connectivity index (χ0) is 21.2. The van der Waals surface area contributed by atoms with E-state index < -0.39 is 14.6 Å². The number of nitrogens with one attached hydrogen (secondary N) is 1. The maximum absolute atomic E-state index is 12.6. The van der Waals surface area contributed by atoms with Crippen LogP contribution in [0.1, 0.15) is 33.6 Å². The van der Waals surface area contributed by atoms with Crippen LogP contribution >= 0.6 is 11.6 Å². The normalized spacial score (nSPS) is 17.8. The molecule has 0 aliphatic carbocycles. The van der Waals surface area contributed by atoms with Gasteiger partial charge in [0.1, 0.15) is 5.82 Å². The minimum Gasteiger partial charge on any atom is -0.369 e. The van der Waals surface area contributed by atoms with Crippen LogP contribution in [0.25, 0.3) is 0 Å². The lowest BCUT2D eigenvalue weighted by Crippen LogP contribution is -2.41. The van der Waals surface area contributed by atoms with Gasteiger partial charge in [-0.25, -0.2) is 18.4 Å². The topological polar surface area (TPSA) is 92.3 Å². The van der Waals surface area contributed by atoms with Crippen LogP contribution in [0.15, 0.2) is 41.7 Å². The van der Waals surface area contributed by atoms with Crippen molar-refractivity contribution in [2.24, 2.45) is 5.92 Å². The maximum Gasteiger partial charge on any atom is 0.230 e. The summed E-state index contributed by atoms with van der Waals surface area (Å²) >= 11 is 5.82. The Hall–Kier alpha value is -2.19. The Morgan fingerprint density at radius 1 is 1.17 bits per heavy atom. The molecule has 1 N–H and O–H groups in total. The monoisotopic (exact) mass is 436 g/mol. The zero-order valence-corrected chi connectivity index (χ0v) is 18.3. The Morgan fingerprint density at radius 3 is 2.52 bits per heavy atom. The van der Waals surface area contributed by atoms with Crippen LogP contribution in [0.4, 0.5) is 11.5 Å². The molecule has 0 aromatic carbocycles. The Labute approximate surface area is 176 Å². The van der Waals surface area contributed by atoms with Crippen LogP contribution in [0, 0.1) is 5.92 Å². The first-order chi connectivity index (χ1) is 13.6.